The first kappa shape index (κ1) is 19.6. The van der Waals surface area contributed by atoms with Gasteiger partial charge in [0.05, 0.1) is 0 Å². The molecule has 154 valence electrons. The summed E-state index contributed by atoms with van der Waals surface area (Å²) in [5, 5.41) is 0. The zero-order chi connectivity index (χ0) is 21.1. The number of benzene rings is 1. The van der Waals surface area contributed by atoms with Crippen LogP contribution < -0.4 is 14.0 Å². The number of carbonyl (C=O) groups is 1. The van der Waals surface area contributed by atoms with Crippen molar-refractivity contribution >= 4 is 6.03 Å². The van der Waals surface area contributed by atoms with E-state index < -0.39 is 6.36 Å². The van der Waals surface area contributed by atoms with Gasteiger partial charge in [-0.25, -0.2) is 14.9 Å². The third-order valence-corrected chi connectivity index (χ3v) is 4.36. The molecule has 1 aromatic carbocycles. The second kappa shape index (κ2) is 7.97. The third-order valence-electron chi connectivity index (χ3n) is 4.36. The molecular formula is C20H16F3N4O3+. The van der Waals surface area contributed by atoms with Gasteiger partial charge in [0, 0.05) is 24.0 Å². The number of nitrogens with zero attached hydrogens (tertiary/aromatic N) is 4. The number of halogens is 3. The normalized spacial score (nSPS) is 14.0. The van der Waals surface area contributed by atoms with Crippen LogP contribution in [0.1, 0.15) is 5.82 Å². The van der Waals surface area contributed by atoms with Crippen LogP contribution in [0, 0.1) is 0 Å². The number of alkyl halides is 3. The second-order valence-electron chi connectivity index (χ2n) is 6.37. The minimum atomic E-state index is -4.77. The largest absolute Gasteiger partial charge is 0.573 e. The van der Waals surface area contributed by atoms with Crippen LogP contribution in [0.5, 0.6) is 11.6 Å². The Balaban J connectivity index is 1.67. The van der Waals surface area contributed by atoms with Crippen LogP contribution in [0.4, 0.5) is 18.0 Å². The number of hydrogen-bond acceptors (Lipinski definition) is 5. The van der Waals surface area contributed by atoms with E-state index in [2.05, 4.69) is 14.7 Å². The van der Waals surface area contributed by atoms with Gasteiger partial charge in [0.1, 0.15) is 31.1 Å². The number of aromatic nitrogens is 3. The molecule has 10 heteroatoms. The molecule has 0 saturated carbocycles. The molecule has 0 N–H and O–H groups in total. The van der Waals surface area contributed by atoms with E-state index in [0.29, 0.717) is 29.5 Å². The Morgan fingerprint density at radius 3 is 2.50 bits per heavy atom. The van der Waals surface area contributed by atoms with Gasteiger partial charge in [-0.1, -0.05) is 6.07 Å². The Morgan fingerprint density at radius 1 is 1.07 bits per heavy atom. The van der Waals surface area contributed by atoms with Gasteiger partial charge in [-0.2, -0.15) is 4.79 Å². The van der Waals surface area contributed by atoms with E-state index in [1.165, 1.54) is 28.8 Å². The van der Waals surface area contributed by atoms with E-state index in [1.807, 2.05) is 0 Å². The number of fused-ring (bicyclic) bond motifs is 1. The van der Waals surface area contributed by atoms with E-state index in [4.69, 9.17) is 4.74 Å². The van der Waals surface area contributed by atoms with Crippen LogP contribution >= 0.6 is 0 Å². The highest BCUT2D eigenvalue weighted by Gasteiger charge is 2.35. The highest BCUT2D eigenvalue weighted by molar-refractivity contribution is 5.70. The summed E-state index contributed by atoms with van der Waals surface area (Å²) in [7, 11) is 0. The molecule has 1 aliphatic rings. The fourth-order valence-corrected chi connectivity index (χ4v) is 3.08. The third kappa shape index (κ3) is 4.32. The molecule has 30 heavy (non-hydrogen) atoms. The molecule has 0 saturated heterocycles. The lowest BCUT2D eigenvalue weighted by atomic mass is 10.1. The van der Waals surface area contributed by atoms with Gasteiger partial charge in [0.2, 0.25) is 0 Å². The number of hydrogen-bond donors (Lipinski definition) is 0. The Kier molecular flexibility index (Phi) is 5.21. The van der Waals surface area contributed by atoms with Crippen LogP contribution in [0.25, 0.3) is 11.3 Å². The van der Waals surface area contributed by atoms with Gasteiger partial charge in [-0.15, -0.1) is 17.7 Å². The molecule has 0 aliphatic carbocycles. The molecule has 1 aliphatic heterocycles. The Morgan fingerprint density at radius 2 is 1.80 bits per heavy atom. The van der Waals surface area contributed by atoms with Gasteiger partial charge in [-0.3, -0.25) is 0 Å². The predicted molar refractivity (Wildman–Crippen MR) is 97.5 cm³/mol. The lowest BCUT2D eigenvalue weighted by molar-refractivity contribution is -0.572. The second-order valence-corrected chi connectivity index (χ2v) is 6.37. The quantitative estimate of drug-likeness (QED) is 0.610. The first-order valence-electron chi connectivity index (χ1n) is 9.00. The molecule has 3 aromatic rings. The van der Waals surface area contributed by atoms with Gasteiger partial charge in [0.25, 0.3) is 5.88 Å². The van der Waals surface area contributed by atoms with Gasteiger partial charge in [-0.05, 0) is 36.4 Å². The Hall–Kier alpha value is -3.69. The molecule has 0 fully saturated rings. The van der Waals surface area contributed by atoms with Crippen LogP contribution in [-0.4, -0.2) is 40.4 Å². The molecule has 0 radical (unpaired) electrons. The standard InChI is InChI=1S/C20H16F3N4O3/c21-20(22,23)30-15-7-5-14(6-8-15)16-3-1-4-18-27(16)19(28)26(11-12-29-18)13-17-24-9-2-10-25-17/h1-10H,11-13H2/q+1. The van der Waals surface area contributed by atoms with E-state index >= 15 is 0 Å². The van der Waals surface area contributed by atoms with Crippen molar-refractivity contribution in [3.63, 3.8) is 0 Å². The Bertz CT molecular complexity index is 1040. The zero-order valence-corrected chi connectivity index (χ0v) is 15.5. The van der Waals surface area contributed by atoms with Crippen LogP contribution in [0.3, 0.4) is 0 Å². The predicted octanol–water partition coefficient (Wildman–Crippen LogP) is 3.19. The van der Waals surface area contributed by atoms with Gasteiger partial charge in [0.15, 0.2) is 5.82 Å². The molecular weight excluding hydrogens is 401 g/mol. The maximum Gasteiger partial charge on any atom is 0.573 e. The zero-order valence-electron chi connectivity index (χ0n) is 15.5. The number of rotatable bonds is 4. The average molecular weight is 417 g/mol. The minimum Gasteiger partial charge on any atom is -0.458 e. The van der Waals surface area contributed by atoms with Gasteiger partial charge < -0.3 is 9.47 Å². The van der Waals surface area contributed by atoms with Crippen LogP contribution in [-0.2, 0) is 6.54 Å². The topological polar surface area (TPSA) is 68.4 Å². The summed E-state index contributed by atoms with van der Waals surface area (Å²) in [6.45, 7) is 0.805. The molecule has 7 nitrogen and oxygen atoms in total. The summed E-state index contributed by atoms with van der Waals surface area (Å²) in [4.78, 5) is 23.1. The first-order chi connectivity index (χ1) is 14.4. The number of carbonyl (C=O) groups excluding carboxylic acids is 1. The molecule has 0 unspecified atom stereocenters. The van der Waals surface area contributed by atoms with Crippen molar-refractivity contribution in [1.82, 2.24) is 14.9 Å². The molecule has 0 bridgehead atoms. The van der Waals surface area contributed by atoms with Crippen molar-refractivity contribution in [2.24, 2.45) is 0 Å². The maximum atomic E-state index is 13.3. The first-order valence-corrected chi connectivity index (χ1v) is 9.00. The summed E-state index contributed by atoms with van der Waals surface area (Å²) in [5.74, 6) is 0.481. The average Bonchev–Trinajstić information content (AvgIpc) is 2.87. The van der Waals surface area contributed by atoms with E-state index in [0.717, 1.165) is 0 Å². The summed E-state index contributed by atoms with van der Waals surface area (Å²) in [5.41, 5.74) is 0.998. The number of pyridine rings is 1. The van der Waals surface area contributed by atoms with Crippen molar-refractivity contribution in [1.29, 1.82) is 0 Å². The molecule has 0 atom stereocenters. The SMILES string of the molecule is O=C1N(Cc2ncccn2)CCOc2cccc(-c3ccc(OC(F)(F)F)cc3)[n+]21. The van der Waals surface area contributed by atoms with Crippen molar-refractivity contribution in [2.45, 2.75) is 12.9 Å². The monoisotopic (exact) mass is 417 g/mol. The van der Waals surface area contributed by atoms with E-state index in [-0.39, 0.29) is 24.9 Å². The van der Waals surface area contributed by atoms with E-state index in [9.17, 15) is 18.0 Å². The van der Waals surface area contributed by atoms with Crippen molar-refractivity contribution in [2.75, 3.05) is 13.2 Å². The van der Waals surface area contributed by atoms with Crippen LogP contribution in [0.2, 0.25) is 0 Å². The number of ether oxygens (including phenoxy) is 2. The summed E-state index contributed by atoms with van der Waals surface area (Å²) >= 11 is 0. The Labute approximate surface area is 169 Å². The lowest BCUT2D eigenvalue weighted by Crippen LogP contribution is -2.52. The molecule has 2 aromatic heterocycles. The summed E-state index contributed by atoms with van der Waals surface area (Å²) in [6.07, 6.45) is -1.58. The van der Waals surface area contributed by atoms with Crippen molar-refractivity contribution in [3.8, 4) is 22.9 Å². The molecule has 3 heterocycles. The molecule has 1 amide bonds. The molecule has 4 rings (SSSR count). The fraction of sp³-hybridized carbons (Fsp3) is 0.200. The maximum absolute atomic E-state index is 13.3. The van der Waals surface area contributed by atoms with Crippen LogP contribution in [0.15, 0.2) is 60.9 Å². The highest BCUT2D eigenvalue weighted by atomic mass is 19.4. The molecule has 0 spiro atoms. The highest BCUT2D eigenvalue weighted by Crippen LogP contribution is 2.26. The number of amides is 1. The summed E-state index contributed by atoms with van der Waals surface area (Å²) < 4.78 is 48.2. The van der Waals surface area contributed by atoms with Crippen molar-refractivity contribution < 1.29 is 32.0 Å². The smallest absolute Gasteiger partial charge is 0.458 e. The minimum absolute atomic E-state index is 0.197. The summed E-state index contributed by atoms with van der Waals surface area (Å²) in [6, 6.07) is 11.7. The van der Waals surface area contributed by atoms with E-state index in [1.54, 1.807) is 41.6 Å². The van der Waals surface area contributed by atoms with Crippen molar-refractivity contribution in [3.05, 3.63) is 66.7 Å². The lowest BCUT2D eigenvalue weighted by Gasteiger charge is -2.13. The van der Waals surface area contributed by atoms with Gasteiger partial charge >= 0.3 is 12.4 Å². The fourth-order valence-electron chi connectivity index (χ4n) is 3.08.